The first-order valence-electron chi connectivity index (χ1n) is 19.5. The lowest BCUT2D eigenvalue weighted by Gasteiger charge is -2.20. The van der Waals surface area contributed by atoms with Crippen LogP contribution in [0.2, 0.25) is 0 Å². The maximum Gasteiger partial charge on any atom is 0.416 e. The number of nitrogens with zero attached hydrogens (tertiary/aromatic N) is 6. The zero-order valence-corrected chi connectivity index (χ0v) is 32.4. The third-order valence-electron chi connectivity index (χ3n) is 11.5. The van der Waals surface area contributed by atoms with Gasteiger partial charge in [-0.25, -0.2) is 0 Å². The van der Waals surface area contributed by atoms with E-state index in [1.807, 2.05) is 124 Å². The Morgan fingerprint density at radius 3 is 1.32 bits per heavy atom. The van der Waals surface area contributed by atoms with Crippen molar-refractivity contribution in [3.63, 3.8) is 0 Å². The van der Waals surface area contributed by atoms with E-state index in [1.54, 1.807) is 36.4 Å². The zero-order chi connectivity index (χ0) is 42.7. The standard InChI is InChI=1S/C53H27F3N6/c54-53(55,56)41-22-34(30-59)21-39(23-41)46-27-49(61-47-7-3-1-5-42(47)44-19-17-37(24-50(44)61)35-13-9-32(28-57)10-14-35)40(31-60)26-52(46)62-48-8-4-2-6-43(48)45-20-18-38(25-51(45)62)36-15-11-33(29-58)12-16-36/h1-27H. The van der Waals surface area contributed by atoms with E-state index in [2.05, 4.69) is 18.2 Å². The summed E-state index contributed by atoms with van der Waals surface area (Å²) in [5.41, 5.74) is 8.02. The van der Waals surface area contributed by atoms with Crippen LogP contribution in [0.15, 0.2) is 164 Å². The lowest BCUT2D eigenvalue weighted by Crippen LogP contribution is -2.07. The fourth-order valence-corrected chi connectivity index (χ4v) is 8.57. The molecule has 2 heterocycles. The second-order valence-electron chi connectivity index (χ2n) is 15.0. The molecule has 0 spiro atoms. The molecule has 10 aromatic rings. The topological polar surface area (TPSA) is 105 Å². The molecule has 0 atom stereocenters. The number of nitriles is 4. The average molecular weight is 805 g/mol. The largest absolute Gasteiger partial charge is 0.416 e. The molecule has 62 heavy (non-hydrogen) atoms. The first-order chi connectivity index (χ1) is 30.2. The Labute approximate surface area is 352 Å². The van der Waals surface area contributed by atoms with Gasteiger partial charge in [0.05, 0.1) is 79.5 Å². The Hall–Kier alpha value is -8.89. The van der Waals surface area contributed by atoms with Gasteiger partial charge < -0.3 is 9.13 Å². The number of fused-ring (bicyclic) bond motifs is 6. The number of aromatic nitrogens is 2. The van der Waals surface area contributed by atoms with Crippen LogP contribution in [0.4, 0.5) is 13.2 Å². The van der Waals surface area contributed by atoms with Crippen LogP contribution in [0.5, 0.6) is 0 Å². The second-order valence-corrected chi connectivity index (χ2v) is 15.0. The third kappa shape index (κ3) is 6.09. The van der Waals surface area contributed by atoms with Crippen molar-refractivity contribution in [3.8, 4) is 69.0 Å². The van der Waals surface area contributed by atoms with Gasteiger partial charge in [0.25, 0.3) is 0 Å². The third-order valence-corrected chi connectivity index (χ3v) is 11.5. The fourth-order valence-electron chi connectivity index (χ4n) is 8.57. The zero-order valence-electron chi connectivity index (χ0n) is 32.4. The monoisotopic (exact) mass is 804 g/mol. The van der Waals surface area contributed by atoms with Crippen LogP contribution in [0, 0.1) is 45.3 Å². The molecule has 6 nitrogen and oxygen atoms in total. The Morgan fingerprint density at radius 2 is 0.839 bits per heavy atom. The lowest BCUT2D eigenvalue weighted by atomic mass is 9.95. The molecule has 2 aromatic heterocycles. The van der Waals surface area contributed by atoms with Gasteiger partial charge in [-0.3, -0.25) is 0 Å². The number of alkyl halides is 3. The van der Waals surface area contributed by atoms with E-state index in [0.29, 0.717) is 28.1 Å². The van der Waals surface area contributed by atoms with E-state index >= 15 is 0 Å². The van der Waals surface area contributed by atoms with Crippen LogP contribution >= 0.6 is 0 Å². The molecule has 0 saturated heterocycles. The smallest absolute Gasteiger partial charge is 0.309 e. The first kappa shape index (κ1) is 37.4. The van der Waals surface area contributed by atoms with Gasteiger partial charge in [0.1, 0.15) is 6.07 Å². The summed E-state index contributed by atoms with van der Waals surface area (Å²) in [5, 5.41) is 43.6. The van der Waals surface area contributed by atoms with E-state index in [1.165, 1.54) is 6.07 Å². The highest BCUT2D eigenvalue weighted by molar-refractivity contribution is 6.12. The summed E-state index contributed by atoms with van der Waals surface area (Å²) in [7, 11) is 0. The van der Waals surface area contributed by atoms with E-state index < -0.39 is 11.7 Å². The molecule has 9 heteroatoms. The maximum atomic E-state index is 14.6. The normalized spacial score (nSPS) is 11.4. The Kier molecular flexibility index (Phi) is 8.70. The Bertz CT molecular complexity index is 3660. The predicted molar refractivity (Wildman–Crippen MR) is 235 cm³/mol. The van der Waals surface area contributed by atoms with Crippen molar-refractivity contribution < 1.29 is 13.2 Å². The van der Waals surface area contributed by atoms with Gasteiger partial charge in [-0.1, -0.05) is 84.9 Å². The number of hydrogen-bond donors (Lipinski definition) is 0. The highest BCUT2D eigenvalue weighted by Crippen LogP contribution is 2.43. The highest BCUT2D eigenvalue weighted by Gasteiger charge is 2.32. The van der Waals surface area contributed by atoms with Gasteiger partial charge in [0.15, 0.2) is 0 Å². The summed E-state index contributed by atoms with van der Waals surface area (Å²) in [6.45, 7) is 0. The average Bonchev–Trinajstić information content (AvgIpc) is 3.82. The minimum absolute atomic E-state index is 0.144. The number of rotatable bonds is 5. The molecule has 0 fully saturated rings. The number of benzene rings is 8. The van der Waals surface area contributed by atoms with Crippen molar-refractivity contribution in [2.45, 2.75) is 6.18 Å². The number of halogens is 3. The molecule has 0 amide bonds. The Balaban J connectivity index is 1.32. The quantitative estimate of drug-likeness (QED) is 0.173. The van der Waals surface area contributed by atoms with Gasteiger partial charge in [0, 0.05) is 27.1 Å². The first-order valence-corrected chi connectivity index (χ1v) is 19.5. The summed E-state index contributed by atoms with van der Waals surface area (Å²) in [5.74, 6) is 0. The molecular formula is C53H27F3N6. The maximum absolute atomic E-state index is 14.6. The minimum Gasteiger partial charge on any atom is -0.309 e. The van der Waals surface area contributed by atoms with E-state index in [0.717, 1.165) is 78.0 Å². The van der Waals surface area contributed by atoms with E-state index in [9.17, 15) is 34.2 Å². The fraction of sp³-hybridized carbons (Fsp3) is 0.0189. The SMILES string of the molecule is N#Cc1ccc(-c2ccc3c4ccccc4n(-c4cc(-c5cc(C#N)cc(C(F)(F)F)c5)c(-n5c6ccccc6c6ccc(-c7ccc(C#N)cc7)cc65)cc4C#N)c3c2)cc1. The van der Waals surface area contributed by atoms with Crippen molar-refractivity contribution in [1.29, 1.82) is 21.0 Å². The van der Waals surface area contributed by atoms with Crippen molar-refractivity contribution in [3.05, 3.63) is 192 Å². The van der Waals surface area contributed by atoms with Crippen LogP contribution in [-0.4, -0.2) is 9.13 Å². The molecule has 8 aromatic carbocycles. The summed E-state index contributed by atoms with van der Waals surface area (Å²) in [6, 6.07) is 57.5. The van der Waals surface area contributed by atoms with Gasteiger partial charge in [-0.15, -0.1) is 0 Å². The summed E-state index contributed by atoms with van der Waals surface area (Å²) < 4.78 is 47.9. The van der Waals surface area contributed by atoms with Gasteiger partial charge >= 0.3 is 6.18 Å². The molecule has 0 bridgehead atoms. The van der Waals surface area contributed by atoms with Gasteiger partial charge in [0.2, 0.25) is 0 Å². The molecule has 0 N–H and O–H groups in total. The van der Waals surface area contributed by atoms with Gasteiger partial charge in [-0.05, 0) is 107 Å². The van der Waals surface area contributed by atoms with E-state index in [4.69, 9.17) is 0 Å². The molecule has 10 rings (SSSR count). The molecule has 0 unspecified atom stereocenters. The number of hydrogen-bond acceptors (Lipinski definition) is 4. The summed E-state index contributed by atoms with van der Waals surface area (Å²) >= 11 is 0. The van der Waals surface area contributed by atoms with Crippen LogP contribution in [0.3, 0.4) is 0 Å². The van der Waals surface area contributed by atoms with Gasteiger partial charge in [-0.2, -0.15) is 34.2 Å². The van der Waals surface area contributed by atoms with Crippen LogP contribution in [0.25, 0.3) is 88.4 Å². The molecule has 0 aliphatic heterocycles. The highest BCUT2D eigenvalue weighted by atomic mass is 19.4. The molecule has 0 aliphatic rings. The summed E-state index contributed by atoms with van der Waals surface area (Å²) in [6.07, 6.45) is -4.76. The van der Waals surface area contributed by atoms with Crippen LogP contribution in [0.1, 0.15) is 27.8 Å². The van der Waals surface area contributed by atoms with E-state index in [-0.39, 0.29) is 16.7 Å². The predicted octanol–water partition coefficient (Wildman–Crippen LogP) is 13.4. The van der Waals surface area contributed by atoms with Crippen molar-refractivity contribution in [2.24, 2.45) is 0 Å². The van der Waals surface area contributed by atoms with Crippen LogP contribution in [-0.2, 0) is 6.18 Å². The van der Waals surface area contributed by atoms with Crippen molar-refractivity contribution in [1.82, 2.24) is 9.13 Å². The van der Waals surface area contributed by atoms with Crippen molar-refractivity contribution in [2.75, 3.05) is 0 Å². The molecule has 0 radical (unpaired) electrons. The van der Waals surface area contributed by atoms with Crippen LogP contribution < -0.4 is 0 Å². The molecule has 0 saturated carbocycles. The van der Waals surface area contributed by atoms with Crippen molar-refractivity contribution >= 4 is 43.6 Å². The second kappa shape index (κ2) is 14.4. The lowest BCUT2D eigenvalue weighted by molar-refractivity contribution is -0.137. The number of para-hydroxylation sites is 2. The summed E-state index contributed by atoms with van der Waals surface area (Å²) in [4.78, 5) is 0. The minimum atomic E-state index is -4.76. The molecular weight excluding hydrogens is 778 g/mol. The Morgan fingerprint density at radius 1 is 0.371 bits per heavy atom. The molecule has 290 valence electrons. The molecule has 0 aliphatic carbocycles.